The summed E-state index contributed by atoms with van der Waals surface area (Å²) in [5.74, 6) is 0.531. The molecule has 1 aliphatic carbocycles. The maximum absolute atomic E-state index is 12.1. The highest BCUT2D eigenvalue weighted by Crippen LogP contribution is 2.27. The van der Waals surface area contributed by atoms with Crippen molar-refractivity contribution >= 4 is 23.2 Å². The zero-order valence-electron chi connectivity index (χ0n) is 12.2. The average molecular weight is 295 g/mol. The molecule has 20 heavy (non-hydrogen) atoms. The molecule has 0 radical (unpaired) electrons. The normalized spacial score (nSPS) is 22.4. The van der Waals surface area contributed by atoms with E-state index in [2.05, 4.69) is 5.32 Å². The molecule has 0 heterocycles. The summed E-state index contributed by atoms with van der Waals surface area (Å²) in [4.78, 5) is 14.1. The van der Waals surface area contributed by atoms with Crippen molar-refractivity contribution in [2.45, 2.75) is 31.1 Å². The van der Waals surface area contributed by atoms with Crippen LogP contribution in [0.5, 0.6) is 0 Å². The van der Waals surface area contributed by atoms with Gasteiger partial charge in [0.15, 0.2) is 0 Å². The number of rotatable bonds is 4. The van der Waals surface area contributed by atoms with Crippen molar-refractivity contribution < 1.29 is 4.79 Å². The smallest absolute Gasteiger partial charge is 0.251 e. The fourth-order valence-electron chi connectivity index (χ4n) is 2.66. The number of hydrogen-bond acceptors (Lipinski definition) is 2. The molecule has 3 nitrogen and oxygen atoms in total. The number of carbonyl (C=O) groups excluding carboxylic acids is 1. The predicted molar refractivity (Wildman–Crippen MR) is 84.7 cm³/mol. The second kappa shape index (κ2) is 6.98. The minimum atomic E-state index is 0.00648. The van der Waals surface area contributed by atoms with Crippen LogP contribution in [0.3, 0.4) is 0 Å². The minimum absolute atomic E-state index is 0.00648. The maximum Gasteiger partial charge on any atom is 0.251 e. The van der Waals surface area contributed by atoms with Gasteiger partial charge in [0, 0.05) is 37.3 Å². The Labute approximate surface area is 126 Å². The van der Waals surface area contributed by atoms with Gasteiger partial charge in [-0.15, -0.1) is 11.6 Å². The van der Waals surface area contributed by atoms with E-state index in [0.29, 0.717) is 11.5 Å². The van der Waals surface area contributed by atoms with Crippen molar-refractivity contribution in [1.29, 1.82) is 0 Å². The summed E-state index contributed by atoms with van der Waals surface area (Å²) in [6, 6.07) is 7.67. The lowest BCUT2D eigenvalue weighted by atomic mass is 9.89. The molecule has 0 bridgehead atoms. The van der Waals surface area contributed by atoms with Gasteiger partial charge in [-0.3, -0.25) is 4.79 Å². The second-order valence-electron chi connectivity index (χ2n) is 5.78. The van der Waals surface area contributed by atoms with Crippen LogP contribution in [0.15, 0.2) is 24.3 Å². The molecule has 0 spiro atoms. The molecule has 1 fully saturated rings. The molecule has 1 amide bonds. The van der Waals surface area contributed by atoms with E-state index in [4.69, 9.17) is 11.6 Å². The van der Waals surface area contributed by atoms with E-state index < -0.39 is 0 Å². The van der Waals surface area contributed by atoms with Gasteiger partial charge in [-0.1, -0.05) is 6.42 Å². The average Bonchev–Trinajstić information content (AvgIpc) is 2.45. The Morgan fingerprint density at radius 3 is 2.60 bits per heavy atom. The van der Waals surface area contributed by atoms with Crippen LogP contribution >= 0.6 is 11.6 Å². The predicted octanol–water partition coefficient (Wildman–Crippen LogP) is 3.28. The summed E-state index contributed by atoms with van der Waals surface area (Å²) in [6.45, 7) is 0.734. The molecule has 0 aliphatic heterocycles. The Balaban J connectivity index is 1.85. The SMILES string of the molecule is CN(C)c1ccc(C(=O)NCC2CCCC(Cl)C2)cc1. The van der Waals surface area contributed by atoms with E-state index in [1.807, 2.05) is 43.3 Å². The zero-order chi connectivity index (χ0) is 14.5. The molecule has 1 N–H and O–H groups in total. The third-order valence-corrected chi connectivity index (χ3v) is 4.31. The van der Waals surface area contributed by atoms with Crippen LogP contribution in [0.1, 0.15) is 36.0 Å². The molecule has 2 atom stereocenters. The van der Waals surface area contributed by atoms with Crippen LogP contribution < -0.4 is 10.2 Å². The molecule has 1 aromatic rings. The number of benzene rings is 1. The highest BCUT2D eigenvalue weighted by Gasteiger charge is 2.20. The number of carbonyl (C=O) groups is 1. The lowest BCUT2D eigenvalue weighted by Gasteiger charge is -2.25. The molecule has 110 valence electrons. The molecular weight excluding hydrogens is 272 g/mol. The number of amides is 1. The fourth-order valence-corrected chi connectivity index (χ4v) is 3.07. The van der Waals surface area contributed by atoms with E-state index in [1.165, 1.54) is 12.8 Å². The topological polar surface area (TPSA) is 32.3 Å². The van der Waals surface area contributed by atoms with Crippen LogP contribution in [0.25, 0.3) is 0 Å². The maximum atomic E-state index is 12.1. The van der Waals surface area contributed by atoms with Crippen molar-refractivity contribution in [3.05, 3.63) is 29.8 Å². The lowest BCUT2D eigenvalue weighted by molar-refractivity contribution is 0.0943. The van der Waals surface area contributed by atoms with Crippen molar-refractivity contribution in [1.82, 2.24) is 5.32 Å². The summed E-state index contributed by atoms with van der Waals surface area (Å²) in [5, 5.41) is 3.31. The Morgan fingerprint density at radius 1 is 1.30 bits per heavy atom. The number of nitrogens with one attached hydrogen (secondary N) is 1. The molecule has 1 saturated carbocycles. The zero-order valence-corrected chi connectivity index (χ0v) is 13.0. The molecule has 2 rings (SSSR count). The highest BCUT2D eigenvalue weighted by molar-refractivity contribution is 6.20. The third kappa shape index (κ3) is 4.14. The first-order chi connectivity index (χ1) is 9.56. The van der Waals surface area contributed by atoms with Crippen LogP contribution in [0, 0.1) is 5.92 Å². The summed E-state index contributed by atoms with van der Waals surface area (Å²) >= 11 is 6.17. The first-order valence-corrected chi connectivity index (χ1v) is 7.69. The van der Waals surface area contributed by atoms with Gasteiger partial charge in [0.05, 0.1) is 0 Å². The minimum Gasteiger partial charge on any atom is -0.378 e. The summed E-state index contributed by atoms with van der Waals surface area (Å²) in [5.41, 5.74) is 1.81. The van der Waals surface area contributed by atoms with Crippen molar-refractivity contribution in [3.63, 3.8) is 0 Å². The van der Waals surface area contributed by atoms with Gasteiger partial charge in [-0.05, 0) is 49.4 Å². The van der Waals surface area contributed by atoms with Crippen LogP contribution in [0.4, 0.5) is 5.69 Å². The van der Waals surface area contributed by atoms with Crippen LogP contribution in [-0.2, 0) is 0 Å². The molecule has 0 aromatic heterocycles. The summed E-state index contributed by atoms with van der Waals surface area (Å²) < 4.78 is 0. The van der Waals surface area contributed by atoms with Crippen molar-refractivity contribution in [2.24, 2.45) is 5.92 Å². The molecule has 0 saturated heterocycles. The van der Waals surface area contributed by atoms with Crippen molar-refractivity contribution in [2.75, 3.05) is 25.5 Å². The first kappa shape index (κ1) is 15.2. The summed E-state index contributed by atoms with van der Waals surface area (Å²) in [7, 11) is 3.97. The van der Waals surface area contributed by atoms with Gasteiger partial charge < -0.3 is 10.2 Å². The molecule has 2 unspecified atom stereocenters. The second-order valence-corrected chi connectivity index (χ2v) is 6.40. The number of anilines is 1. The Bertz CT molecular complexity index is 444. The van der Waals surface area contributed by atoms with Gasteiger partial charge in [-0.2, -0.15) is 0 Å². The Morgan fingerprint density at radius 2 is 2.00 bits per heavy atom. The lowest BCUT2D eigenvalue weighted by Crippen LogP contribution is -2.32. The van der Waals surface area contributed by atoms with Gasteiger partial charge in [0.2, 0.25) is 0 Å². The molecular formula is C16H23ClN2O. The van der Waals surface area contributed by atoms with Crippen LogP contribution in [0.2, 0.25) is 0 Å². The van der Waals surface area contributed by atoms with E-state index in [0.717, 1.165) is 25.1 Å². The Kier molecular flexibility index (Phi) is 5.30. The monoisotopic (exact) mass is 294 g/mol. The molecule has 4 heteroatoms. The number of nitrogens with zero attached hydrogens (tertiary/aromatic N) is 1. The highest BCUT2D eigenvalue weighted by atomic mass is 35.5. The van der Waals surface area contributed by atoms with Crippen molar-refractivity contribution in [3.8, 4) is 0 Å². The van der Waals surface area contributed by atoms with E-state index >= 15 is 0 Å². The van der Waals surface area contributed by atoms with E-state index in [-0.39, 0.29) is 11.3 Å². The first-order valence-electron chi connectivity index (χ1n) is 7.26. The van der Waals surface area contributed by atoms with Crippen LogP contribution in [-0.4, -0.2) is 31.9 Å². The van der Waals surface area contributed by atoms with Gasteiger partial charge in [0.25, 0.3) is 5.91 Å². The quantitative estimate of drug-likeness (QED) is 0.864. The fraction of sp³-hybridized carbons (Fsp3) is 0.562. The number of hydrogen-bond donors (Lipinski definition) is 1. The van der Waals surface area contributed by atoms with E-state index in [1.54, 1.807) is 0 Å². The third-order valence-electron chi connectivity index (χ3n) is 3.92. The van der Waals surface area contributed by atoms with Gasteiger partial charge in [-0.25, -0.2) is 0 Å². The number of alkyl halides is 1. The molecule has 1 aromatic carbocycles. The standard InChI is InChI=1S/C16H23ClN2O/c1-19(2)15-8-6-13(7-9-15)16(20)18-11-12-4-3-5-14(17)10-12/h6-9,12,14H,3-5,10-11H2,1-2H3,(H,18,20). The van der Waals surface area contributed by atoms with E-state index in [9.17, 15) is 4.79 Å². The van der Waals surface area contributed by atoms with Gasteiger partial charge in [0.1, 0.15) is 0 Å². The number of halogens is 1. The Hall–Kier alpha value is -1.22. The summed E-state index contributed by atoms with van der Waals surface area (Å²) in [6.07, 6.45) is 4.47. The molecule has 1 aliphatic rings. The largest absolute Gasteiger partial charge is 0.378 e. The van der Waals surface area contributed by atoms with Gasteiger partial charge >= 0.3 is 0 Å².